The number of nitrogens with one attached hydrogen (secondary N) is 2. The van der Waals surface area contributed by atoms with Crippen molar-refractivity contribution in [1.29, 1.82) is 0 Å². The first-order chi connectivity index (χ1) is 12.5. The number of ether oxygens (including phenoxy) is 2. The number of hydrogen-bond acceptors (Lipinski definition) is 5. The minimum Gasteiger partial charge on any atom is -0.493 e. The van der Waals surface area contributed by atoms with Gasteiger partial charge in [-0.05, 0) is 36.4 Å². The third kappa shape index (κ3) is 3.59. The van der Waals surface area contributed by atoms with Crippen molar-refractivity contribution in [3.63, 3.8) is 0 Å². The summed E-state index contributed by atoms with van der Waals surface area (Å²) in [5, 5.41) is 4.18. The molecule has 0 fully saturated rings. The highest BCUT2D eigenvalue weighted by molar-refractivity contribution is 5.83. The van der Waals surface area contributed by atoms with Crippen LogP contribution in [0.15, 0.2) is 47.3 Å². The fourth-order valence-corrected chi connectivity index (χ4v) is 2.78. The Labute approximate surface area is 152 Å². The van der Waals surface area contributed by atoms with E-state index in [1.54, 1.807) is 20.3 Å². The lowest BCUT2D eigenvalue weighted by molar-refractivity contribution is 0.356. The topological polar surface area (TPSA) is 66.6 Å². The van der Waals surface area contributed by atoms with Crippen LogP contribution in [-0.4, -0.2) is 33.3 Å². The predicted octanol–water partition coefficient (Wildman–Crippen LogP) is 3.22. The van der Waals surface area contributed by atoms with E-state index in [1.807, 2.05) is 55.4 Å². The van der Waals surface area contributed by atoms with Crippen LogP contribution in [0.1, 0.15) is 5.56 Å². The van der Waals surface area contributed by atoms with Crippen molar-refractivity contribution in [2.75, 3.05) is 38.5 Å². The minimum atomic E-state index is -0.123. The summed E-state index contributed by atoms with van der Waals surface area (Å²) >= 11 is 0. The first-order valence-electron chi connectivity index (χ1n) is 8.31. The summed E-state index contributed by atoms with van der Waals surface area (Å²) in [5.41, 5.74) is 3.33. The number of fused-ring (bicyclic) bond motifs is 1. The molecule has 26 heavy (non-hydrogen) atoms. The maximum absolute atomic E-state index is 12.4. The fraction of sp³-hybridized carbons (Fsp3) is 0.250. The number of hydrogen-bond donors (Lipinski definition) is 2. The van der Waals surface area contributed by atoms with E-state index in [-0.39, 0.29) is 5.56 Å². The van der Waals surface area contributed by atoms with Gasteiger partial charge in [-0.2, -0.15) is 0 Å². The van der Waals surface area contributed by atoms with E-state index >= 15 is 0 Å². The normalized spacial score (nSPS) is 10.6. The van der Waals surface area contributed by atoms with Crippen molar-refractivity contribution in [2.24, 2.45) is 0 Å². The summed E-state index contributed by atoms with van der Waals surface area (Å²) in [7, 11) is 7.16. The molecule has 0 amide bonds. The van der Waals surface area contributed by atoms with Gasteiger partial charge in [-0.25, -0.2) is 0 Å². The molecule has 0 aliphatic heterocycles. The van der Waals surface area contributed by atoms with Gasteiger partial charge in [-0.1, -0.05) is 0 Å². The molecule has 3 rings (SSSR count). The van der Waals surface area contributed by atoms with Crippen molar-refractivity contribution in [3.8, 4) is 11.5 Å². The fourth-order valence-electron chi connectivity index (χ4n) is 2.78. The monoisotopic (exact) mass is 353 g/mol. The van der Waals surface area contributed by atoms with Gasteiger partial charge in [0, 0.05) is 49.0 Å². The Morgan fingerprint density at radius 3 is 2.27 bits per heavy atom. The molecule has 0 aliphatic carbocycles. The molecule has 0 saturated carbocycles. The number of aromatic amines is 1. The highest BCUT2D eigenvalue weighted by Crippen LogP contribution is 2.31. The quantitative estimate of drug-likeness (QED) is 0.712. The third-order valence-corrected chi connectivity index (χ3v) is 4.29. The minimum absolute atomic E-state index is 0.123. The first-order valence-corrected chi connectivity index (χ1v) is 8.31. The number of H-pyrrole nitrogens is 1. The van der Waals surface area contributed by atoms with Crippen molar-refractivity contribution < 1.29 is 9.47 Å². The number of aromatic nitrogens is 1. The molecule has 0 spiro atoms. The second-order valence-electron chi connectivity index (χ2n) is 6.21. The molecule has 0 atom stereocenters. The van der Waals surface area contributed by atoms with Crippen LogP contribution in [0.4, 0.5) is 11.4 Å². The van der Waals surface area contributed by atoms with Crippen LogP contribution in [0.2, 0.25) is 0 Å². The smallest absolute Gasteiger partial charge is 0.253 e. The number of benzene rings is 2. The largest absolute Gasteiger partial charge is 0.493 e. The number of methoxy groups -OCH3 is 2. The summed E-state index contributed by atoms with van der Waals surface area (Å²) in [5.74, 6) is 1.22. The molecule has 0 bridgehead atoms. The van der Waals surface area contributed by atoms with Crippen molar-refractivity contribution >= 4 is 22.3 Å². The molecule has 0 radical (unpaired) electrons. The van der Waals surface area contributed by atoms with Gasteiger partial charge in [-0.15, -0.1) is 0 Å². The van der Waals surface area contributed by atoms with Crippen LogP contribution in [0, 0.1) is 0 Å². The SMILES string of the molecule is COc1cc2cc(CNc3ccc(N(C)C)cc3)c(=O)[nH]c2cc1OC. The summed E-state index contributed by atoms with van der Waals surface area (Å²) in [6.07, 6.45) is 0. The molecule has 1 heterocycles. The molecule has 6 heteroatoms. The number of rotatable bonds is 6. The molecule has 3 aromatic rings. The highest BCUT2D eigenvalue weighted by atomic mass is 16.5. The van der Waals surface area contributed by atoms with Gasteiger partial charge in [0.05, 0.1) is 19.7 Å². The average molecular weight is 353 g/mol. The molecule has 0 aliphatic rings. The number of pyridine rings is 1. The summed E-state index contributed by atoms with van der Waals surface area (Å²) in [4.78, 5) is 17.3. The lowest BCUT2D eigenvalue weighted by atomic mass is 10.1. The Balaban J connectivity index is 1.85. The van der Waals surface area contributed by atoms with Crippen LogP contribution < -0.4 is 25.2 Å². The molecular formula is C20H23N3O3. The van der Waals surface area contributed by atoms with Crippen LogP contribution in [-0.2, 0) is 6.54 Å². The molecule has 2 aromatic carbocycles. The summed E-state index contributed by atoms with van der Waals surface area (Å²) in [6.45, 7) is 0.431. The Morgan fingerprint density at radius 2 is 1.65 bits per heavy atom. The second-order valence-corrected chi connectivity index (χ2v) is 6.21. The standard InChI is InChI=1S/C20H23N3O3/c1-23(2)16-7-5-15(6-8-16)21-12-14-9-13-10-18(25-3)19(26-4)11-17(13)22-20(14)24/h5-11,21H,12H2,1-4H3,(H,22,24). The van der Waals surface area contributed by atoms with Gasteiger partial charge in [0.1, 0.15) is 0 Å². The zero-order chi connectivity index (χ0) is 18.7. The third-order valence-electron chi connectivity index (χ3n) is 4.29. The van der Waals surface area contributed by atoms with Crippen LogP contribution in [0.5, 0.6) is 11.5 Å². The molecule has 136 valence electrons. The van der Waals surface area contributed by atoms with Gasteiger partial charge >= 0.3 is 0 Å². The summed E-state index contributed by atoms with van der Waals surface area (Å²) in [6, 6.07) is 13.6. The van der Waals surface area contributed by atoms with Crippen molar-refractivity contribution in [1.82, 2.24) is 4.98 Å². The lowest BCUT2D eigenvalue weighted by Gasteiger charge is -2.13. The van der Waals surface area contributed by atoms with Gasteiger partial charge in [0.2, 0.25) is 0 Å². The Bertz CT molecular complexity index is 962. The van der Waals surface area contributed by atoms with E-state index in [9.17, 15) is 4.79 Å². The Hall–Kier alpha value is -3.15. The molecule has 0 saturated heterocycles. The van der Waals surface area contributed by atoms with E-state index in [2.05, 4.69) is 10.3 Å². The Morgan fingerprint density at radius 1 is 1.00 bits per heavy atom. The van der Waals surface area contributed by atoms with E-state index in [0.29, 0.717) is 29.1 Å². The number of anilines is 2. The maximum Gasteiger partial charge on any atom is 0.253 e. The van der Waals surface area contributed by atoms with Crippen LogP contribution in [0.25, 0.3) is 10.9 Å². The van der Waals surface area contributed by atoms with Gasteiger partial charge in [0.15, 0.2) is 11.5 Å². The van der Waals surface area contributed by atoms with Gasteiger partial charge in [-0.3, -0.25) is 4.79 Å². The zero-order valence-electron chi connectivity index (χ0n) is 15.4. The van der Waals surface area contributed by atoms with Crippen molar-refractivity contribution in [2.45, 2.75) is 6.54 Å². The van der Waals surface area contributed by atoms with Gasteiger partial charge in [0.25, 0.3) is 5.56 Å². The maximum atomic E-state index is 12.4. The second kappa shape index (κ2) is 7.39. The van der Waals surface area contributed by atoms with E-state index in [1.165, 1.54) is 0 Å². The van der Waals surface area contributed by atoms with Crippen molar-refractivity contribution in [3.05, 3.63) is 58.4 Å². The van der Waals surface area contributed by atoms with E-state index in [4.69, 9.17) is 9.47 Å². The predicted molar refractivity (Wildman–Crippen MR) is 106 cm³/mol. The molecular weight excluding hydrogens is 330 g/mol. The first kappa shape index (κ1) is 17.7. The van der Waals surface area contributed by atoms with Crippen LogP contribution >= 0.6 is 0 Å². The molecule has 2 N–H and O–H groups in total. The van der Waals surface area contributed by atoms with E-state index in [0.717, 1.165) is 16.8 Å². The zero-order valence-corrected chi connectivity index (χ0v) is 15.4. The lowest BCUT2D eigenvalue weighted by Crippen LogP contribution is -2.15. The van der Waals surface area contributed by atoms with Crippen LogP contribution in [0.3, 0.4) is 0 Å². The van der Waals surface area contributed by atoms with E-state index < -0.39 is 0 Å². The molecule has 0 unspecified atom stereocenters. The molecule has 1 aromatic heterocycles. The summed E-state index contributed by atoms with van der Waals surface area (Å²) < 4.78 is 10.6. The van der Waals surface area contributed by atoms with Gasteiger partial charge < -0.3 is 24.7 Å². The molecule has 6 nitrogen and oxygen atoms in total. The Kier molecular flexibility index (Phi) is 5.02. The average Bonchev–Trinajstić information content (AvgIpc) is 2.65. The highest BCUT2D eigenvalue weighted by Gasteiger charge is 2.09. The number of nitrogens with zero attached hydrogens (tertiary/aromatic N) is 1.